The lowest BCUT2D eigenvalue weighted by molar-refractivity contribution is 0.0723. The fourth-order valence-electron chi connectivity index (χ4n) is 3.04. The Balaban J connectivity index is 1.90. The molecule has 0 saturated carbocycles. The van der Waals surface area contributed by atoms with Crippen LogP contribution in [0.4, 0.5) is 10.1 Å². The summed E-state index contributed by atoms with van der Waals surface area (Å²) in [5, 5.41) is 0. The van der Waals surface area contributed by atoms with Crippen LogP contribution in [0.15, 0.2) is 45.8 Å². The van der Waals surface area contributed by atoms with Crippen LogP contribution in [0.3, 0.4) is 0 Å². The number of anilines is 1. The van der Waals surface area contributed by atoms with Gasteiger partial charge < -0.3 is 4.90 Å². The number of aryl methyl sites for hydroxylation is 1. The van der Waals surface area contributed by atoms with Gasteiger partial charge in [0.15, 0.2) is 0 Å². The van der Waals surface area contributed by atoms with Crippen molar-refractivity contribution in [3.8, 4) is 0 Å². The SMILES string of the molecule is Cc1ccc(S(=O)(=O)Nc2ccc(Br)cc2F)cc1C(=O)N1CCCCC1. The second-order valence-electron chi connectivity index (χ2n) is 6.56. The van der Waals surface area contributed by atoms with Gasteiger partial charge in [0.2, 0.25) is 0 Å². The maximum Gasteiger partial charge on any atom is 0.262 e. The molecule has 1 aliphatic heterocycles. The molecule has 2 aromatic rings. The molecule has 0 atom stereocenters. The van der Waals surface area contributed by atoms with E-state index in [4.69, 9.17) is 0 Å². The number of hydrogen-bond acceptors (Lipinski definition) is 3. The molecule has 1 heterocycles. The average Bonchev–Trinajstić information content (AvgIpc) is 2.64. The predicted molar refractivity (Wildman–Crippen MR) is 106 cm³/mol. The summed E-state index contributed by atoms with van der Waals surface area (Å²) >= 11 is 3.13. The summed E-state index contributed by atoms with van der Waals surface area (Å²) in [7, 11) is -4.03. The predicted octanol–water partition coefficient (Wildman–Crippen LogP) is 4.32. The fraction of sp³-hybridized carbons (Fsp3) is 0.316. The molecule has 8 heteroatoms. The summed E-state index contributed by atoms with van der Waals surface area (Å²) < 4.78 is 42.1. The second-order valence-corrected chi connectivity index (χ2v) is 9.16. The van der Waals surface area contributed by atoms with E-state index >= 15 is 0 Å². The van der Waals surface area contributed by atoms with Gasteiger partial charge in [0.25, 0.3) is 15.9 Å². The summed E-state index contributed by atoms with van der Waals surface area (Å²) in [6.07, 6.45) is 3.00. The van der Waals surface area contributed by atoms with Crippen molar-refractivity contribution in [3.05, 3.63) is 57.8 Å². The molecule has 3 rings (SSSR count). The number of rotatable bonds is 4. The van der Waals surface area contributed by atoms with Crippen molar-refractivity contribution in [2.24, 2.45) is 0 Å². The highest BCUT2D eigenvalue weighted by atomic mass is 79.9. The summed E-state index contributed by atoms with van der Waals surface area (Å²) in [6.45, 7) is 3.13. The summed E-state index contributed by atoms with van der Waals surface area (Å²) in [5.41, 5.74) is 0.915. The smallest absolute Gasteiger partial charge is 0.262 e. The van der Waals surface area contributed by atoms with Gasteiger partial charge in [-0.2, -0.15) is 0 Å². The van der Waals surface area contributed by atoms with Crippen molar-refractivity contribution >= 4 is 37.5 Å². The Morgan fingerprint density at radius 3 is 2.48 bits per heavy atom. The lowest BCUT2D eigenvalue weighted by Crippen LogP contribution is -2.36. The molecular weight excluding hydrogens is 435 g/mol. The van der Waals surface area contributed by atoms with E-state index in [1.165, 1.54) is 24.3 Å². The minimum Gasteiger partial charge on any atom is -0.339 e. The van der Waals surface area contributed by atoms with Crippen LogP contribution in [0.2, 0.25) is 0 Å². The Bertz CT molecular complexity index is 973. The number of piperidine rings is 1. The van der Waals surface area contributed by atoms with Crippen LogP contribution in [-0.4, -0.2) is 32.3 Å². The minimum atomic E-state index is -4.03. The third-order valence-electron chi connectivity index (χ3n) is 4.57. The van der Waals surface area contributed by atoms with Crippen LogP contribution < -0.4 is 4.72 Å². The third-order valence-corrected chi connectivity index (χ3v) is 6.42. The minimum absolute atomic E-state index is 0.0734. The number of amides is 1. The molecule has 0 spiro atoms. The van der Waals surface area contributed by atoms with Crippen LogP contribution in [-0.2, 0) is 10.0 Å². The molecule has 1 amide bonds. The van der Waals surface area contributed by atoms with Crippen LogP contribution >= 0.6 is 15.9 Å². The molecule has 1 fully saturated rings. The summed E-state index contributed by atoms with van der Waals surface area (Å²) in [6, 6.07) is 8.45. The Labute approximate surface area is 166 Å². The van der Waals surface area contributed by atoms with E-state index in [0.29, 0.717) is 28.7 Å². The summed E-state index contributed by atoms with van der Waals surface area (Å²) in [5.74, 6) is -0.858. The molecule has 27 heavy (non-hydrogen) atoms. The zero-order chi connectivity index (χ0) is 19.6. The number of benzene rings is 2. The van der Waals surface area contributed by atoms with Gasteiger partial charge in [-0.05, 0) is 62.1 Å². The van der Waals surface area contributed by atoms with Gasteiger partial charge in [-0.1, -0.05) is 22.0 Å². The van der Waals surface area contributed by atoms with Crippen molar-refractivity contribution in [1.82, 2.24) is 4.90 Å². The quantitative estimate of drug-likeness (QED) is 0.747. The Hall–Kier alpha value is -1.93. The Morgan fingerprint density at radius 1 is 1.11 bits per heavy atom. The molecule has 5 nitrogen and oxygen atoms in total. The maximum absolute atomic E-state index is 14.0. The molecule has 0 aliphatic carbocycles. The first-order chi connectivity index (χ1) is 12.8. The fourth-order valence-corrected chi connectivity index (χ4v) is 4.47. The Morgan fingerprint density at radius 2 is 1.81 bits per heavy atom. The molecule has 1 N–H and O–H groups in total. The number of sulfonamides is 1. The normalized spacial score (nSPS) is 14.9. The highest BCUT2D eigenvalue weighted by molar-refractivity contribution is 9.10. The van der Waals surface area contributed by atoms with E-state index in [0.717, 1.165) is 19.3 Å². The zero-order valence-corrected chi connectivity index (χ0v) is 17.2. The molecule has 144 valence electrons. The van der Waals surface area contributed by atoms with Crippen molar-refractivity contribution in [1.29, 1.82) is 0 Å². The topological polar surface area (TPSA) is 66.5 Å². The van der Waals surface area contributed by atoms with Crippen LogP contribution in [0, 0.1) is 12.7 Å². The van der Waals surface area contributed by atoms with E-state index in [-0.39, 0.29) is 16.5 Å². The third kappa shape index (κ3) is 4.50. The number of carbonyl (C=O) groups is 1. The van der Waals surface area contributed by atoms with Crippen molar-refractivity contribution in [3.63, 3.8) is 0 Å². The van der Waals surface area contributed by atoms with Crippen molar-refractivity contribution in [2.75, 3.05) is 17.8 Å². The van der Waals surface area contributed by atoms with E-state index < -0.39 is 15.8 Å². The zero-order valence-electron chi connectivity index (χ0n) is 14.8. The number of nitrogens with one attached hydrogen (secondary N) is 1. The molecule has 1 aliphatic rings. The number of nitrogens with zero attached hydrogens (tertiary/aromatic N) is 1. The Kier molecular flexibility index (Phi) is 5.86. The van der Waals surface area contributed by atoms with Crippen LogP contribution in [0.1, 0.15) is 35.2 Å². The first-order valence-electron chi connectivity index (χ1n) is 8.66. The van der Waals surface area contributed by atoms with E-state index in [2.05, 4.69) is 20.7 Å². The van der Waals surface area contributed by atoms with Crippen molar-refractivity contribution < 1.29 is 17.6 Å². The molecule has 2 aromatic carbocycles. The van der Waals surface area contributed by atoms with Gasteiger partial charge in [0.05, 0.1) is 10.6 Å². The number of likely N-dealkylation sites (tertiary alicyclic amines) is 1. The maximum atomic E-state index is 14.0. The lowest BCUT2D eigenvalue weighted by Gasteiger charge is -2.27. The van der Waals surface area contributed by atoms with Gasteiger partial charge in [-0.15, -0.1) is 0 Å². The highest BCUT2D eigenvalue weighted by Crippen LogP contribution is 2.24. The van der Waals surface area contributed by atoms with Crippen LogP contribution in [0.25, 0.3) is 0 Å². The van der Waals surface area contributed by atoms with Gasteiger partial charge in [-0.3, -0.25) is 9.52 Å². The first-order valence-corrected chi connectivity index (χ1v) is 10.9. The van der Waals surface area contributed by atoms with E-state index in [1.54, 1.807) is 24.0 Å². The summed E-state index contributed by atoms with van der Waals surface area (Å²) in [4.78, 5) is 14.5. The molecule has 0 bridgehead atoms. The van der Waals surface area contributed by atoms with E-state index in [9.17, 15) is 17.6 Å². The molecule has 0 radical (unpaired) electrons. The highest BCUT2D eigenvalue weighted by Gasteiger charge is 2.23. The molecule has 0 unspecified atom stereocenters. The van der Waals surface area contributed by atoms with Gasteiger partial charge in [-0.25, -0.2) is 12.8 Å². The van der Waals surface area contributed by atoms with Crippen LogP contribution in [0.5, 0.6) is 0 Å². The first kappa shape index (κ1) is 19.8. The molecule has 0 aromatic heterocycles. The van der Waals surface area contributed by atoms with Gasteiger partial charge in [0.1, 0.15) is 5.82 Å². The van der Waals surface area contributed by atoms with Crippen molar-refractivity contribution in [2.45, 2.75) is 31.1 Å². The van der Waals surface area contributed by atoms with Gasteiger partial charge in [0, 0.05) is 23.1 Å². The second kappa shape index (κ2) is 7.98. The van der Waals surface area contributed by atoms with Gasteiger partial charge >= 0.3 is 0 Å². The molecular formula is C19H20BrFN2O3S. The largest absolute Gasteiger partial charge is 0.339 e. The monoisotopic (exact) mass is 454 g/mol. The average molecular weight is 455 g/mol. The number of hydrogen-bond donors (Lipinski definition) is 1. The lowest BCUT2D eigenvalue weighted by atomic mass is 10.1. The van der Waals surface area contributed by atoms with E-state index in [1.807, 2.05) is 0 Å². The standard InChI is InChI=1S/C19H20BrFN2O3S/c1-13-5-7-15(12-16(13)19(24)23-9-3-2-4-10-23)27(25,26)22-18-8-6-14(20)11-17(18)21/h5-8,11-12,22H,2-4,9-10H2,1H3. The number of halogens is 2. The molecule has 1 saturated heterocycles. The number of carbonyl (C=O) groups excluding carboxylic acids is 1.